The van der Waals surface area contributed by atoms with Crippen LogP contribution in [0.2, 0.25) is 0 Å². The zero-order chi connectivity index (χ0) is 44.2. The van der Waals surface area contributed by atoms with E-state index in [4.69, 9.17) is 4.42 Å². The highest BCUT2D eigenvalue weighted by Gasteiger charge is 2.18. The number of para-hydroxylation sites is 3. The lowest BCUT2D eigenvalue weighted by Gasteiger charge is -2.11. The third-order valence-corrected chi connectivity index (χ3v) is 11.7. The number of nitrogens with zero attached hydrogens (tertiary/aromatic N) is 2. The minimum Gasteiger partial charge on any atom is -0.455 e. The zero-order valence-corrected chi connectivity index (χ0v) is 39.7. The van der Waals surface area contributed by atoms with Gasteiger partial charge in [0.25, 0.3) is 0 Å². The summed E-state index contributed by atoms with van der Waals surface area (Å²) in [6.45, 7) is 11.2. The van der Waals surface area contributed by atoms with Crippen LogP contribution in [-0.2, 0) is 0 Å². The van der Waals surface area contributed by atoms with Gasteiger partial charge in [0.1, 0.15) is 11.2 Å². The van der Waals surface area contributed by atoms with E-state index in [2.05, 4.69) is 272 Å². The molecule has 0 fully saturated rings. The van der Waals surface area contributed by atoms with Gasteiger partial charge in [-0.05, 0) is 101 Å². The number of allylic oxidation sites excluding steroid dienone is 1. The van der Waals surface area contributed by atoms with Gasteiger partial charge in [0, 0.05) is 86.5 Å². The minimum absolute atomic E-state index is 0.876. The Kier molecular flexibility index (Phi) is 12.6. The number of rotatable bonds is 5. The van der Waals surface area contributed by atoms with E-state index in [1.54, 1.807) is 6.08 Å². The molecule has 12 aromatic rings. The molecule has 3 heterocycles. The Balaban J connectivity index is 0.000000704. The molecular weight excluding hydrogens is 1010 g/mol. The number of aromatic nitrogens is 2. The largest absolute Gasteiger partial charge is 0.455 e. The molecule has 0 radical (unpaired) electrons. The van der Waals surface area contributed by atoms with Gasteiger partial charge >= 0.3 is 0 Å². The molecule has 0 atom stereocenters. The monoisotopic (exact) mass is 1050 g/mol. The fourth-order valence-electron chi connectivity index (χ4n) is 9.09. The molecule has 0 aliphatic heterocycles. The van der Waals surface area contributed by atoms with Crippen molar-refractivity contribution in [1.29, 1.82) is 0 Å². The summed E-state index contributed by atoms with van der Waals surface area (Å²) in [7, 11) is 0. The summed E-state index contributed by atoms with van der Waals surface area (Å²) in [5, 5.41) is 7.17. The quantitative estimate of drug-likeness (QED) is 0.124. The van der Waals surface area contributed by atoms with Gasteiger partial charge < -0.3 is 13.6 Å². The lowest BCUT2D eigenvalue weighted by Crippen LogP contribution is -1.94. The first-order chi connectivity index (χ1) is 31.7. The Hall–Kier alpha value is -6.68. The number of hydrogen-bond donors (Lipinski definition) is 0. The molecular formula is C59H44I2N2O. The summed E-state index contributed by atoms with van der Waals surface area (Å²) >= 11 is 4.24. The van der Waals surface area contributed by atoms with Crippen LogP contribution in [0.5, 0.6) is 0 Å². The van der Waals surface area contributed by atoms with Crippen LogP contribution in [-0.4, -0.2) is 9.13 Å². The van der Waals surface area contributed by atoms with Crippen molar-refractivity contribution < 1.29 is 4.42 Å². The van der Waals surface area contributed by atoms with Crippen molar-refractivity contribution in [3.05, 3.63) is 232 Å². The van der Waals surface area contributed by atoms with Crippen LogP contribution in [0.3, 0.4) is 0 Å². The summed E-state index contributed by atoms with van der Waals surface area (Å²) in [4.78, 5) is 0. The number of hydrogen-bond acceptors (Lipinski definition) is 1. The molecule has 3 aromatic heterocycles. The van der Waals surface area contributed by atoms with Crippen molar-refractivity contribution in [3.63, 3.8) is 0 Å². The van der Waals surface area contributed by atoms with Gasteiger partial charge in [-0.2, -0.15) is 0 Å². The molecule has 0 N–H and O–H groups in total. The Morgan fingerprint density at radius 2 is 0.844 bits per heavy atom. The Labute approximate surface area is 396 Å². The van der Waals surface area contributed by atoms with Gasteiger partial charge in [-0.25, -0.2) is 0 Å². The Bertz CT molecular complexity index is 3600. The van der Waals surface area contributed by atoms with E-state index in [1.807, 2.05) is 6.92 Å². The minimum atomic E-state index is 0.876. The number of benzene rings is 9. The maximum absolute atomic E-state index is 6.76. The number of halogens is 2. The topological polar surface area (TPSA) is 23.0 Å². The van der Waals surface area contributed by atoms with E-state index in [1.165, 1.54) is 65.9 Å². The van der Waals surface area contributed by atoms with Gasteiger partial charge in [-0.3, -0.25) is 0 Å². The molecule has 5 heteroatoms. The highest BCUT2D eigenvalue weighted by atomic mass is 128. The summed E-state index contributed by atoms with van der Waals surface area (Å²) in [6.07, 6.45) is 1.75. The van der Waals surface area contributed by atoms with Crippen LogP contribution in [0.1, 0.15) is 6.92 Å². The second kappa shape index (κ2) is 19.0. The fraction of sp³-hybridized carbons (Fsp3) is 0.0169. The van der Waals surface area contributed by atoms with Crippen LogP contribution in [0.4, 0.5) is 0 Å². The van der Waals surface area contributed by atoms with E-state index in [9.17, 15) is 0 Å². The van der Waals surface area contributed by atoms with Crippen LogP contribution in [0.15, 0.2) is 236 Å². The second-order valence-electron chi connectivity index (χ2n) is 15.3. The SMILES string of the molecule is C=C.C=CC.II.c1ccc(-c2ccc3c(c2)c2ccccc2n3-c2cccc(-c3cccc4c3oc3ccc(-n5c6ccccc6c6cc(-c7ccccc7)ccc65)cc34)c2)cc1. The first-order valence-corrected chi connectivity index (χ1v) is 27.4. The van der Waals surface area contributed by atoms with Gasteiger partial charge in [0.05, 0.1) is 22.1 Å². The third-order valence-electron chi connectivity index (χ3n) is 11.7. The van der Waals surface area contributed by atoms with Crippen molar-refractivity contribution in [2.45, 2.75) is 6.92 Å². The molecule has 0 saturated heterocycles. The van der Waals surface area contributed by atoms with Crippen molar-refractivity contribution in [1.82, 2.24) is 9.13 Å². The van der Waals surface area contributed by atoms with Crippen LogP contribution < -0.4 is 0 Å². The molecule has 0 aliphatic carbocycles. The van der Waals surface area contributed by atoms with Crippen molar-refractivity contribution in [3.8, 4) is 44.8 Å². The molecule has 64 heavy (non-hydrogen) atoms. The zero-order valence-electron chi connectivity index (χ0n) is 35.4. The summed E-state index contributed by atoms with van der Waals surface area (Å²) in [5.74, 6) is 0. The molecule has 0 unspecified atom stereocenters. The fourth-order valence-corrected chi connectivity index (χ4v) is 9.09. The van der Waals surface area contributed by atoms with E-state index < -0.39 is 0 Å². The molecule has 3 nitrogen and oxygen atoms in total. The predicted molar refractivity (Wildman–Crippen MR) is 294 cm³/mol. The van der Waals surface area contributed by atoms with Crippen LogP contribution in [0, 0.1) is 0 Å². The average molecular weight is 1050 g/mol. The van der Waals surface area contributed by atoms with Crippen molar-refractivity contribution >= 4 is 103 Å². The standard InChI is InChI=1S/C54H34N2O.C3H6.C2H4.I2/c1-3-13-35(14-4-1)37-25-28-51-46(32-37)43-19-7-9-23-49(43)55(51)40-18-11-17-39(31-40)42-21-12-22-45-48-34-41(27-30-53(48)57-54(42)45)56-50-24-10-8-20-44(50)47-33-38(26-29-52(47)56)36-15-5-2-6-16-36;1-3-2;2*1-2/h1-34H;3H,1H2,2H3;1-2H2;. The lowest BCUT2D eigenvalue weighted by molar-refractivity contribution is 0.670. The summed E-state index contributed by atoms with van der Waals surface area (Å²) in [5.41, 5.74) is 15.8. The number of furan rings is 1. The van der Waals surface area contributed by atoms with E-state index in [-0.39, 0.29) is 0 Å². The Morgan fingerprint density at radius 3 is 1.41 bits per heavy atom. The normalized spacial score (nSPS) is 10.9. The average Bonchev–Trinajstić information content (AvgIpc) is 4.03. The molecule has 0 saturated carbocycles. The van der Waals surface area contributed by atoms with Gasteiger partial charge in [0.15, 0.2) is 0 Å². The third kappa shape index (κ3) is 7.62. The maximum Gasteiger partial charge on any atom is 0.143 e. The highest BCUT2D eigenvalue weighted by molar-refractivity contribution is 15.0. The van der Waals surface area contributed by atoms with Crippen molar-refractivity contribution in [2.24, 2.45) is 0 Å². The van der Waals surface area contributed by atoms with E-state index >= 15 is 0 Å². The first kappa shape index (κ1) is 42.6. The summed E-state index contributed by atoms with van der Waals surface area (Å²) < 4.78 is 11.5. The highest BCUT2D eigenvalue weighted by Crippen LogP contribution is 2.41. The van der Waals surface area contributed by atoms with Crippen LogP contribution >= 0.6 is 37.2 Å². The predicted octanol–water partition coefficient (Wildman–Crippen LogP) is 18.5. The molecule has 9 aromatic carbocycles. The van der Waals surface area contributed by atoms with Crippen molar-refractivity contribution in [2.75, 3.05) is 0 Å². The molecule has 310 valence electrons. The van der Waals surface area contributed by atoms with E-state index in [0.717, 1.165) is 44.4 Å². The maximum atomic E-state index is 6.76. The van der Waals surface area contributed by atoms with Gasteiger partial charge in [-0.15, -0.1) is 19.7 Å². The first-order valence-electron chi connectivity index (χ1n) is 21.1. The lowest BCUT2D eigenvalue weighted by atomic mass is 10.0. The summed E-state index contributed by atoms with van der Waals surface area (Å²) in [6, 6.07) is 74.3. The van der Waals surface area contributed by atoms with Crippen LogP contribution in [0.25, 0.3) is 110 Å². The smallest absolute Gasteiger partial charge is 0.143 e. The molecule has 0 amide bonds. The molecule has 0 aliphatic rings. The van der Waals surface area contributed by atoms with Gasteiger partial charge in [-0.1, -0.05) is 146 Å². The second-order valence-corrected chi connectivity index (χ2v) is 15.3. The molecule has 12 rings (SSSR count). The molecule has 0 spiro atoms. The molecule has 0 bridgehead atoms. The van der Waals surface area contributed by atoms with Gasteiger partial charge in [0.2, 0.25) is 0 Å². The van der Waals surface area contributed by atoms with E-state index in [0.29, 0.717) is 0 Å². The number of fused-ring (bicyclic) bond motifs is 9. The Morgan fingerprint density at radius 1 is 0.391 bits per heavy atom.